The molecule has 1 amide bonds. The van der Waals surface area contributed by atoms with E-state index in [2.05, 4.69) is 10.3 Å². The number of nitrogens with zero attached hydrogens (tertiary/aromatic N) is 2. The first-order valence-electron chi connectivity index (χ1n) is 10.6. The monoisotopic (exact) mass is 453 g/mol. The second-order valence-corrected chi connectivity index (χ2v) is 8.23. The second-order valence-electron chi connectivity index (χ2n) is 7.82. The van der Waals surface area contributed by atoms with Crippen LogP contribution in [0.1, 0.15) is 29.0 Å². The summed E-state index contributed by atoms with van der Waals surface area (Å²) >= 11 is 6.38. The number of amides is 1. The van der Waals surface area contributed by atoms with E-state index in [0.29, 0.717) is 27.4 Å². The zero-order valence-corrected chi connectivity index (χ0v) is 18.6. The number of hydrogen-bond donors (Lipinski definition) is 1. The number of rotatable bonds is 4. The number of carbonyl (C=O) groups excluding carboxylic acids is 1. The number of carbonyl (C=O) groups is 1. The quantitative estimate of drug-likeness (QED) is 0.380. The van der Waals surface area contributed by atoms with Crippen LogP contribution in [-0.2, 0) is 0 Å². The lowest BCUT2D eigenvalue weighted by Gasteiger charge is -2.21. The molecule has 0 fully saturated rings. The molecule has 5 aromatic rings. The molecule has 2 heterocycles. The van der Waals surface area contributed by atoms with Gasteiger partial charge in [0.05, 0.1) is 27.5 Å². The van der Waals surface area contributed by atoms with Crippen molar-refractivity contribution in [2.75, 3.05) is 0 Å². The molecule has 0 bridgehead atoms. The van der Waals surface area contributed by atoms with E-state index in [1.165, 1.54) is 0 Å². The Hall–Kier alpha value is -3.96. The normalized spacial score (nSPS) is 12.1. The molecule has 0 unspecified atom stereocenters. The Morgan fingerprint density at radius 3 is 2.55 bits per heavy atom. The highest BCUT2D eigenvalue weighted by Gasteiger charge is 2.20. The maximum atomic E-state index is 13.6. The molecular weight excluding hydrogens is 434 g/mol. The molecule has 0 saturated carbocycles. The highest BCUT2D eigenvalue weighted by Crippen LogP contribution is 2.26. The minimum absolute atomic E-state index is 0.227. The molecule has 0 aliphatic heterocycles. The number of para-hydroxylation sites is 2. The van der Waals surface area contributed by atoms with Gasteiger partial charge in [-0.3, -0.25) is 19.1 Å². The van der Waals surface area contributed by atoms with Crippen molar-refractivity contribution in [3.63, 3.8) is 0 Å². The van der Waals surface area contributed by atoms with Crippen LogP contribution in [0.25, 0.3) is 27.4 Å². The number of halogens is 1. The molecule has 1 N–H and O–H groups in total. The van der Waals surface area contributed by atoms with Crippen molar-refractivity contribution in [3.8, 4) is 5.69 Å². The van der Waals surface area contributed by atoms with Crippen LogP contribution in [0, 0.1) is 0 Å². The van der Waals surface area contributed by atoms with Crippen LogP contribution in [0.15, 0.2) is 95.9 Å². The zero-order chi connectivity index (χ0) is 22.9. The van der Waals surface area contributed by atoms with Gasteiger partial charge >= 0.3 is 0 Å². The predicted molar refractivity (Wildman–Crippen MR) is 132 cm³/mol. The fourth-order valence-corrected chi connectivity index (χ4v) is 4.41. The average molecular weight is 454 g/mol. The van der Waals surface area contributed by atoms with E-state index in [0.717, 1.165) is 16.3 Å². The minimum atomic E-state index is -0.458. The summed E-state index contributed by atoms with van der Waals surface area (Å²) in [4.78, 5) is 31.1. The minimum Gasteiger partial charge on any atom is -0.344 e. The van der Waals surface area contributed by atoms with Crippen LogP contribution in [-0.4, -0.2) is 15.5 Å². The highest BCUT2D eigenvalue weighted by molar-refractivity contribution is 6.35. The van der Waals surface area contributed by atoms with E-state index in [9.17, 15) is 9.59 Å². The zero-order valence-electron chi connectivity index (χ0n) is 17.8. The van der Waals surface area contributed by atoms with E-state index in [1.807, 2.05) is 79.7 Å². The first kappa shape index (κ1) is 20.9. The number of fused-ring (bicyclic) bond motifs is 2. The van der Waals surface area contributed by atoms with Crippen LogP contribution in [0.3, 0.4) is 0 Å². The fraction of sp³-hybridized carbons (Fsp3) is 0.0741. The molecule has 162 valence electrons. The first-order chi connectivity index (χ1) is 16.0. The van der Waals surface area contributed by atoms with Gasteiger partial charge in [0.2, 0.25) is 0 Å². The first-order valence-corrected chi connectivity index (χ1v) is 11.0. The Morgan fingerprint density at radius 2 is 1.73 bits per heavy atom. The number of benzene rings is 3. The smallest absolute Gasteiger partial charge is 0.264 e. The Bertz CT molecular complexity index is 1560. The van der Waals surface area contributed by atoms with Crippen LogP contribution in [0.5, 0.6) is 0 Å². The van der Waals surface area contributed by atoms with Gasteiger partial charge in [0.15, 0.2) is 0 Å². The molecule has 5 rings (SSSR count). The highest BCUT2D eigenvalue weighted by atomic mass is 35.5. The molecular formula is C27H20ClN3O2. The third-order valence-corrected chi connectivity index (χ3v) is 6.04. The Kier molecular flexibility index (Phi) is 5.40. The van der Waals surface area contributed by atoms with Crippen LogP contribution in [0.4, 0.5) is 0 Å². The molecule has 1 atom stereocenters. The van der Waals surface area contributed by atoms with Crippen molar-refractivity contribution in [1.82, 2.24) is 14.9 Å². The van der Waals surface area contributed by atoms with Gasteiger partial charge in [0.25, 0.3) is 11.5 Å². The lowest BCUT2D eigenvalue weighted by Crippen LogP contribution is -2.32. The number of hydrogen-bond acceptors (Lipinski definition) is 3. The molecule has 6 heteroatoms. The summed E-state index contributed by atoms with van der Waals surface area (Å²) in [6, 6.07) is 25.4. The molecule has 2 aromatic heterocycles. The molecule has 0 saturated heterocycles. The SMILES string of the molecule is C[C@H](NC(=O)c1ccnc2ccccc12)c1cc2cccc(Cl)c2c(=O)n1-c1ccccc1. The van der Waals surface area contributed by atoms with Crippen molar-refractivity contribution in [1.29, 1.82) is 0 Å². The predicted octanol–water partition coefficient (Wildman–Crippen LogP) is 5.68. The van der Waals surface area contributed by atoms with E-state index in [-0.39, 0.29) is 11.5 Å². The van der Waals surface area contributed by atoms with E-state index >= 15 is 0 Å². The molecule has 5 nitrogen and oxygen atoms in total. The maximum absolute atomic E-state index is 13.6. The average Bonchev–Trinajstić information content (AvgIpc) is 2.84. The Morgan fingerprint density at radius 1 is 0.970 bits per heavy atom. The second kappa shape index (κ2) is 8.52. The Balaban J connectivity index is 1.63. The summed E-state index contributed by atoms with van der Waals surface area (Å²) in [5, 5.41) is 5.41. The van der Waals surface area contributed by atoms with E-state index in [4.69, 9.17) is 11.6 Å². The summed E-state index contributed by atoms with van der Waals surface area (Å²) in [7, 11) is 0. The van der Waals surface area contributed by atoms with E-state index < -0.39 is 6.04 Å². The van der Waals surface area contributed by atoms with Gasteiger partial charge in [0.1, 0.15) is 0 Å². The van der Waals surface area contributed by atoms with Crippen molar-refractivity contribution in [2.24, 2.45) is 0 Å². The van der Waals surface area contributed by atoms with Gasteiger partial charge < -0.3 is 5.32 Å². The molecule has 3 aromatic carbocycles. The van der Waals surface area contributed by atoms with Crippen LogP contribution >= 0.6 is 11.6 Å². The van der Waals surface area contributed by atoms with Gasteiger partial charge in [0, 0.05) is 23.0 Å². The number of aromatic nitrogens is 2. The van der Waals surface area contributed by atoms with Crippen molar-refractivity contribution >= 4 is 39.2 Å². The summed E-state index contributed by atoms with van der Waals surface area (Å²) in [6.45, 7) is 1.87. The van der Waals surface area contributed by atoms with Gasteiger partial charge in [-0.1, -0.05) is 60.1 Å². The lowest BCUT2D eigenvalue weighted by atomic mass is 10.1. The summed E-state index contributed by atoms with van der Waals surface area (Å²) in [5.41, 5.74) is 2.42. The summed E-state index contributed by atoms with van der Waals surface area (Å²) in [6.07, 6.45) is 1.62. The summed E-state index contributed by atoms with van der Waals surface area (Å²) < 4.78 is 1.61. The Labute approximate surface area is 195 Å². The maximum Gasteiger partial charge on any atom is 0.264 e. The van der Waals surface area contributed by atoms with Gasteiger partial charge in [-0.15, -0.1) is 0 Å². The summed E-state index contributed by atoms with van der Waals surface area (Å²) in [5.74, 6) is -0.237. The van der Waals surface area contributed by atoms with Gasteiger partial charge in [-0.05, 0) is 48.7 Å². The molecule has 0 spiro atoms. The molecule has 0 aliphatic rings. The van der Waals surface area contributed by atoms with Crippen molar-refractivity contribution in [3.05, 3.63) is 118 Å². The topological polar surface area (TPSA) is 64.0 Å². The van der Waals surface area contributed by atoms with E-state index in [1.54, 1.807) is 22.9 Å². The van der Waals surface area contributed by atoms with Crippen molar-refractivity contribution < 1.29 is 4.79 Å². The number of pyridine rings is 2. The number of nitrogens with one attached hydrogen (secondary N) is 1. The largest absolute Gasteiger partial charge is 0.344 e. The van der Waals surface area contributed by atoms with Crippen LogP contribution < -0.4 is 10.9 Å². The van der Waals surface area contributed by atoms with Gasteiger partial charge in [-0.2, -0.15) is 0 Å². The van der Waals surface area contributed by atoms with Crippen molar-refractivity contribution in [2.45, 2.75) is 13.0 Å². The van der Waals surface area contributed by atoms with Crippen LogP contribution in [0.2, 0.25) is 5.02 Å². The van der Waals surface area contributed by atoms with Gasteiger partial charge in [-0.25, -0.2) is 0 Å². The molecule has 0 aliphatic carbocycles. The third kappa shape index (κ3) is 3.77. The standard InChI is InChI=1S/C27H20ClN3O2/c1-17(30-26(32)21-14-15-29-23-13-6-5-11-20(21)23)24-16-18-8-7-12-22(28)25(18)27(33)31(24)19-9-3-2-4-10-19/h2-17H,1H3,(H,30,32)/t17-/m0/s1. The third-order valence-electron chi connectivity index (χ3n) is 5.72. The molecule has 33 heavy (non-hydrogen) atoms. The molecule has 0 radical (unpaired) electrons. The fourth-order valence-electron chi connectivity index (χ4n) is 4.14. The lowest BCUT2D eigenvalue weighted by molar-refractivity contribution is 0.0940.